The normalized spacial score (nSPS) is 13.0. The molecule has 1 heterocycles. The van der Waals surface area contributed by atoms with Crippen LogP contribution in [0.2, 0.25) is 0 Å². The van der Waals surface area contributed by atoms with Gasteiger partial charge in [0.1, 0.15) is 10.3 Å². The van der Waals surface area contributed by atoms with Crippen LogP contribution in [-0.2, 0) is 21.4 Å². The van der Waals surface area contributed by atoms with E-state index in [4.69, 9.17) is 0 Å². The molecule has 1 atom stereocenters. The van der Waals surface area contributed by atoms with E-state index in [9.17, 15) is 13.2 Å². The van der Waals surface area contributed by atoms with E-state index in [2.05, 4.69) is 10.0 Å². The summed E-state index contributed by atoms with van der Waals surface area (Å²) >= 11 is 2.78. The summed E-state index contributed by atoms with van der Waals surface area (Å²) in [4.78, 5) is 13.6. The van der Waals surface area contributed by atoms with Crippen LogP contribution >= 0.6 is 23.1 Å². The van der Waals surface area contributed by atoms with Crippen LogP contribution in [0, 0.1) is 5.92 Å². The molecule has 136 valence electrons. The van der Waals surface area contributed by atoms with E-state index >= 15 is 0 Å². The number of rotatable bonds is 8. The van der Waals surface area contributed by atoms with Crippen molar-refractivity contribution in [1.82, 2.24) is 10.0 Å². The highest BCUT2D eigenvalue weighted by atomic mass is 32.2. The van der Waals surface area contributed by atoms with Gasteiger partial charge in [-0.05, 0) is 41.3 Å². The van der Waals surface area contributed by atoms with Gasteiger partial charge in [-0.3, -0.25) is 4.79 Å². The molecule has 0 aliphatic carbocycles. The minimum absolute atomic E-state index is 0.173. The molecule has 25 heavy (non-hydrogen) atoms. The number of nitrogens with one attached hydrogen (secondary N) is 2. The van der Waals surface area contributed by atoms with E-state index in [0.29, 0.717) is 6.54 Å². The summed E-state index contributed by atoms with van der Waals surface area (Å²) in [5.74, 6) is -0.502. The Labute approximate surface area is 157 Å². The Hall–Kier alpha value is -1.35. The molecule has 0 saturated heterocycles. The first-order valence-corrected chi connectivity index (χ1v) is 11.4. The molecular formula is C17H22N2O3S3. The maximum Gasteiger partial charge on any atom is 0.250 e. The molecule has 2 rings (SSSR count). The van der Waals surface area contributed by atoms with E-state index in [1.807, 2.05) is 44.4 Å². The topological polar surface area (TPSA) is 75.3 Å². The molecule has 2 aromatic rings. The highest BCUT2D eigenvalue weighted by molar-refractivity contribution is 7.98. The molecule has 0 spiro atoms. The van der Waals surface area contributed by atoms with E-state index in [1.54, 1.807) is 23.2 Å². The highest BCUT2D eigenvalue weighted by Crippen LogP contribution is 2.18. The lowest BCUT2D eigenvalue weighted by Crippen LogP contribution is -2.49. The van der Waals surface area contributed by atoms with E-state index in [1.165, 1.54) is 6.07 Å². The van der Waals surface area contributed by atoms with Crippen molar-refractivity contribution in [3.63, 3.8) is 0 Å². The SMILES string of the molecule is CSc1ccc(CNC(=O)[C@H](NS(=O)(=O)c2cccs2)C(C)C)cc1. The summed E-state index contributed by atoms with van der Waals surface area (Å²) < 4.78 is 27.5. The van der Waals surface area contributed by atoms with Gasteiger partial charge in [0.15, 0.2) is 0 Å². The summed E-state index contributed by atoms with van der Waals surface area (Å²) in [5, 5.41) is 4.51. The first kappa shape index (κ1) is 20.0. The number of amides is 1. The Morgan fingerprint density at radius 2 is 1.88 bits per heavy atom. The summed E-state index contributed by atoms with van der Waals surface area (Å²) in [6.07, 6.45) is 2.00. The van der Waals surface area contributed by atoms with Crippen LogP contribution in [0.25, 0.3) is 0 Å². The molecule has 1 amide bonds. The number of thiophene rings is 1. The van der Waals surface area contributed by atoms with Gasteiger partial charge >= 0.3 is 0 Å². The number of carbonyl (C=O) groups excluding carboxylic acids is 1. The van der Waals surface area contributed by atoms with Crippen LogP contribution in [0.5, 0.6) is 0 Å². The second-order valence-electron chi connectivity index (χ2n) is 5.84. The van der Waals surface area contributed by atoms with Crippen molar-refractivity contribution in [3.8, 4) is 0 Å². The number of hydrogen-bond acceptors (Lipinski definition) is 5. The lowest BCUT2D eigenvalue weighted by molar-refractivity contribution is -0.123. The first-order valence-electron chi connectivity index (χ1n) is 7.80. The number of carbonyl (C=O) groups is 1. The Bertz CT molecular complexity index is 785. The zero-order valence-corrected chi connectivity index (χ0v) is 16.8. The van der Waals surface area contributed by atoms with Crippen LogP contribution in [-0.4, -0.2) is 26.6 Å². The largest absolute Gasteiger partial charge is 0.351 e. The minimum Gasteiger partial charge on any atom is -0.351 e. The molecule has 1 aromatic heterocycles. The van der Waals surface area contributed by atoms with Crippen molar-refractivity contribution >= 4 is 39.0 Å². The number of hydrogen-bond donors (Lipinski definition) is 2. The van der Waals surface area contributed by atoms with Crippen LogP contribution in [0.4, 0.5) is 0 Å². The summed E-state index contributed by atoms with van der Waals surface area (Å²) in [6.45, 7) is 3.99. The lowest BCUT2D eigenvalue weighted by atomic mass is 10.0. The maximum atomic E-state index is 12.5. The molecule has 0 aliphatic heterocycles. The van der Waals surface area contributed by atoms with Gasteiger partial charge in [0.25, 0.3) is 10.0 Å². The highest BCUT2D eigenvalue weighted by Gasteiger charge is 2.28. The second kappa shape index (κ2) is 8.84. The maximum absolute atomic E-state index is 12.5. The molecule has 0 radical (unpaired) electrons. The molecule has 0 unspecified atom stereocenters. The molecule has 0 fully saturated rings. The molecule has 1 aromatic carbocycles. The van der Waals surface area contributed by atoms with Crippen LogP contribution in [0.15, 0.2) is 50.9 Å². The Balaban J connectivity index is 2.02. The molecule has 5 nitrogen and oxygen atoms in total. The zero-order valence-electron chi connectivity index (χ0n) is 14.4. The van der Waals surface area contributed by atoms with Crippen molar-refractivity contribution in [3.05, 3.63) is 47.3 Å². The smallest absolute Gasteiger partial charge is 0.250 e. The molecular weight excluding hydrogens is 376 g/mol. The van der Waals surface area contributed by atoms with Crippen molar-refractivity contribution in [2.45, 2.75) is 35.5 Å². The fourth-order valence-electron chi connectivity index (χ4n) is 2.18. The van der Waals surface area contributed by atoms with Gasteiger partial charge in [0.2, 0.25) is 5.91 Å². The van der Waals surface area contributed by atoms with Crippen molar-refractivity contribution in [2.75, 3.05) is 6.26 Å². The number of sulfonamides is 1. The molecule has 2 N–H and O–H groups in total. The fraction of sp³-hybridized carbons (Fsp3) is 0.353. The Morgan fingerprint density at radius 1 is 1.20 bits per heavy atom. The quantitative estimate of drug-likeness (QED) is 0.670. The average molecular weight is 399 g/mol. The van der Waals surface area contributed by atoms with Gasteiger partial charge in [0.05, 0.1) is 0 Å². The second-order valence-corrected chi connectivity index (χ2v) is 9.61. The van der Waals surface area contributed by atoms with Crippen molar-refractivity contribution < 1.29 is 13.2 Å². The summed E-state index contributed by atoms with van der Waals surface area (Å²) in [5.41, 5.74) is 0.967. The average Bonchev–Trinajstić information content (AvgIpc) is 3.13. The van der Waals surface area contributed by atoms with Gasteiger partial charge < -0.3 is 5.32 Å². The summed E-state index contributed by atoms with van der Waals surface area (Å²) in [7, 11) is -3.69. The van der Waals surface area contributed by atoms with Gasteiger partial charge in [-0.2, -0.15) is 4.72 Å². The van der Waals surface area contributed by atoms with Crippen molar-refractivity contribution in [1.29, 1.82) is 0 Å². The predicted octanol–water partition coefficient (Wildman–Crippen LogP) is 3.09. The first-order chi connectivity index (χ1) is 11.8. The number of thioether (sulfide) groups is 1. The Kier molecular flexibility index (Phi) is 7.06. The third kappa shape index (κ3) is 5.57. The van der Waals surface area contributed by atoms with Gasteiger partial charge in [0, 0.05) is 11.4 Å². The van der Waals surface area contributed by atoms with Crippen LogP contribution in [0.1, 0.15) is 19.4 Å². The van der Waals surface area contributed by atoms with Gasteiger partial charge in [-0.25, -0.2) is 8.42 Å². The zero-order chi connectivity index (χ0) is 18.4. The van der Waals surface area contributed by atoms with Gasteiger partial charge in [-0.15, -0.1) is 23.1 Å². The third-order valence-corrected chi connectivity index (χ3v) is 7.20. The molecule has 8 heteroatoms. The van der Waals surface area contributed by atoms with Crippen molar-refractivity contribution in [2.24, 2.45) is 5.92 Å². The van der Waals surface area contributed by atoms with E-state index in [-0.39, 0.29) is 16.0 Å². The molecule has 0 saturated carbocycles. The predicted molar refractivity (Wildman–Crippen MR) is 103 cm³/mol. The lowest BCUT2D eigenvalue weighted by Gasteiger charge is -2.21. The van der Waals surface area contributed by atoms with E-state index in [0.717, 1.165) is 21.8 Å². The van der Waals surface area contributed by atoms with Crippen LogP contribution < -0.4 is 10.0 Å². The molecule has 0 aliphatic rings. The monoisotopic (exact) mass is 398 g/mol. The minimum atomic E-state index is -3.69. The molecule has 0 bridgehead atoms. The number of benzene rings is 1. The third-order valence-electron chi connectivity index (χ3n) is 3.62. The van der Waals surface area contributed by atoms with E-state index < -0.39 is 16.1 Å². The Morgan fingerprint density at radius 3 is 2.40 bits per heavy atom. The van der Waals surface area contributed by atoms with Gasteiger partial charge in [-0.1, -0.05) is 32.0 Å². The standard InChI is InChI=1S/C17H22N2O3S3/c1-12(2)16(19-25(21,22)15-5-4-10-24-15)17(20)18-11-13-6-8-14(23-3)9-7-13/h4-10,12,16,19H,11H2,1-3H3,(H,18,20)/t16-/m1/s1. The summed E-state index contributed by atoms with van der Waals surface area (Å²) in [6, 6.07) is 10.3. The fourth-order valence-corrected chi connectivity index (χ4v) is 4.94. The van der Waals surface area contributed by atoms with Crippen LogP contribution in [0.3, 0.4) is 0 Å².